The minimum Gasteiger partial charge on any atom is -0.399 e. The van der Waals surface area contributed by atoms with Crippen LogP contribution in [0.2, 0.25) is 0 Å². The van der Waals surface area contributed by atoms with Crippen LogP contribution >= 0.6 is 15.9 Å². The Morgan fingerprint density at radius 3 is 2.23 bits per heavy atom. The number of hydrogen-bond donors (Lipinski definition) is 2. The molecule has 0 amide bonds. The van der Waals surface area contributed by atoms with Crippen LogP contribution in [0, 0.1) is 0 Å². The van der Waals surface area contributed by atoms with Crippen molar-refractivity contribution in [3.63, 3.8) is 0 Å². The van der Waals surface area contributed by atoms with Crippen LogP contribution in [0.15, 0.2) is 70.0 Å². The Balaban J connectivity index is 2.06. The number of sulfonamides is 1. The zero-order chi connectivity index (χ0) is 15.7. The molecule has 3 rings (SSSR count). The fraction of sp³-hybridized carbons (Fsp3) is 0. The van der Waals surface area contributed by atoms with E-state index < -0.39 is 10.0 Å². The summed E-state index contributed by atoms with van der Waals surface area (Å²) in [5.74, 6) is 0. The molecule has 0 saturated heterocycles. The SMILES string of the molecule is Nc1ccc(S(=O)(=O)Nc2cccc3c(Br)cccc23)cc1. The van der Waals surface area contributed by atoms with E-state index in [2.05, 4.69) is 20.7 Å². The van der Waals surface area contributed by atoms with E-state index in [0.29, 0.717) is 11.4 Å². The smallest absolute Gasteiger partial charge is 0.261 e. The lowest BCUT2D eigenvalue weighted by atomic mass is 10.1. The van der Waals surface area contributed by atoms with Gasteiger partial charge in [-0.25, -0.2) is 8.42 Å². The fourth-order valence-electron chi connectivity index (χ4n) is 2.21. The zero-order valence-electron chi connectivity index (χ0n) is 11.5. The normalized spacial score (nSPS) is 11.5. The molecule has 0 aliphatic heterocycles. The van der Waals surface area contributed by atoms with Gasteiger partial charge in [-0.2, -0.15) is 0 Å². The number of nitrogen functional groups attached to an aromatic ring is 1. The van der Waals surface area contributed by atoms with Crippen molar-refractivity contribution in [2.75, 3.05) is 10.5 Å². The predicted molar refractivity (Wildman–Crippen MR) is 93.3 cm³/mol. The molecule has 0 heterocycles. The number of anilines is 2. The summed E-state index contributed by atoms with van der Waals surface area (Å²) in [5, 5.41) is 1.77. The maximum atomic E-state index is 12.5. The molecular weight excluding hydrogens is 364 g/mol. The van der Waals surface area contributed by atoms with Gasteiger partial charge in [-0.1, -0.05) is 40.2 Å². The third kappa shape index (κ3) is 2.80. The van der Waals surface area contributed by atoms with Gasteiger partial charge in [-0.15, -0.1) is 0 Å². The molecule has 0 spiro atoms. The van der Waals surface area contributed by atoms with Gasteiger partial charge in [-0.05, 0) is 41.8 Å². The van der Waals surface area contributed by atoms with Crippen molar-refractivity contribution in [2.45, 2.75) is 4.90 Å². The van der Waals surface area contributed by atoms with Gasteiger partial charge in [-0.3, -0.25) is 4.72 Å². The van der Waals surface area contributed by atoms with Crippen LogP contribution in [0.3, 0.4) is 0 Å². The first-order chi connectivity index (χ1) is 10.5. The van der Waals surface area contributed by atoms with Crippen LogP contribution in [0.4, 0.5) is 11.4 Å². The second-order valence-corrected chi connectivity index (χ2v) is 7.35. The zero-order valence-corrected chi connectivity index (χ0v) is 13.9. The second kappa shape index (κ2) is 5.62. The highest BCUT2D eigenvalue weighted by atomic mass is 79.9. The van der Waals surface area contributed by atoms with E-state index in [9.17, 15) is 8.42 Å². The van der Waals surface area contributed by atoms with E-state index in [1.54, 1.807) is 18.2 Å². The van der Waals surface area contributed by atoms with Gasteiger partial charge in [0.05, 0.1) is 10.6 Å². The fourth-order valence-corrected chi connectivity index (χ4v) is 3.79. The first-order valence-corrected chi connectivity index (χ1v) is 8.80. The van der Waals surface area contributed by atoms with Crippen LogP contribution in [-0.4, -0.2) is 8.42 Å². The van der Waals surface area contributed by atoms with Crippen LogP contribution < -0.4 is 10.5 Å². The molecule has 0 unspecified atom stereocenters. The van der Waals surface area contributed by atoms with Gasteiger partial charge < -0.3 is 5.73 Å². The van der Waals surface area contributed by atoms with E-state index in [1.807, 2.05) is 30.3 Å². The summed E-state index contributed by atoms with van der Waals surface area (Å²) in [5.41, 5.74) is 6.65. The van der Waals surface area contributed by atoms with Gasteiger partial charge in [0.15, 0.2) is 0 Å². The quantitative estimate of drug-likeness (QED) is 0.678. The van der Waals surface area contributed by atoms with Crippen LogP contribution in [0.25, 0.3) is 10.8 Å². The molecule has 22 heavy (non-hydrogen) atoms. The molecule has 3 aromatic carbocycles. The molecule has 0 radical (unpaired) electrons. The number of nitrogens with two attached hydrogens (primary N) is 1. The Hall–Kier alpha value is -2.05. The molecule has 6 heteroatoms. The highest BCUT2D eigenvalue weighted by Gasteiger charge is 2.15. The van der Waals surface area contributed by atoms with Crippen LogP contribution in [0.1, 0.15) is 0 Å². The largest absolute Gasteiger partial charge is 0.399 e. The average Bonchev–Trinajstić information content (AvgIpc) is 2.48. The summed E-state index contributed by atoms with van der Waals surface area (Å²) in [6.45, 7) is 0. The highest BCUT2D eigenvalue weighted by molar-refractivity contribution is 9.10. The molecule has 4 nitrogen and oxygen atoms in total. The van der Waals surface area contributed by atoms with Gasteiger partial charge >= 0.3 is 0 Å². The first kappa shape index (κ1) is 14.9. The van der Waals surface area contributed by atoms with Crippen LogP contribution in [0.5, 0.6) is 0 Å². The Labute approximate surface area is 137 Å². The number of hydrogen-bond acceptors (Lipinski definition) is 3. The summed E-state index contributed by atoms with van der Waals surface area (Å²) in [4.78, 5) is 0.175. The predicted octanol–water partition coefficient (Wildman–Crippen LogP) is 3.99. The Morgan fingerprint density at radius 2 is 1.50 bits per heavy atom. The Morgan fingerprint density at radius 1 is 0.864 bits per heavy atom. The highest BCUT2D eigenvalue weighted by Crippen LogP contribution is 2.30. The number of halogens is 1. The minimum atomic E-state index is -3.66. The number of nitrogens with one attached hydrogen (secondary N) is 1. The van der Waals surface area contributed by atoms with Gasteiger partial charge in [0.1, 0.15) is 0 Å². The van der Waals surface area contributed by atoms with Crippen molar-refractivity contribution < 1.29 is 8.42 Å². The lowest BCUT2D eigenvalue weighted by Gasteiger charge is -2.11. The van der Waals surface area contributed by atoms with E-state index in [1.165, 1.54) is 12.1 Å². The molecule has 3 N–H and O–H groups in total. The van der Waals surface area contributed by atoms with Crippen molar-refractivity contribution in [1.29, 1.82) is 0 Å². The molecular formula is C16H13BrN2O2S. The summed E-state index contributed by atoms with van der Waals surface area (Å²) < 4.78 is 28.5. The van der Waals surface area contributed by atoms with E-state index in [-0.39, 0.29) is 4.90 Å². The van der Waals surface area contributed by atoms with E-state index in [4.69, 9.17) is 5.73 Å². The molecule has 0 fully saturated rings. The molecule has 3 aromatic rings. The van der Waals surface area contributed by atoms with Crippen molar-refractivity contribution in [1.82, 2.24) is 0 Å². The first-order valence-electron chi connectivity index (χ1n) is 6.53. The lowest BCUT2D eigenvalue weighted by Crippen LogP contribution is -2.13. The molecule has 0 saturated carbocycles. The maximum absolute atomic E-state index is 12.5. The van der Waals surface area contributed by atoms with Crippen LogP contribution in [-0.2, 0) is 10.0 Å². The lowest BCUT2D eigenvalue weighted by molar-refractivity contribution is 0.601. The van der Waals surface area contributed by atoms with Gasteiger partial charge in [0, 0.05) is 15.5 Å². The average molecular weight is 377 g/mol. The van der Waals surface area contributed by atoms with Crippen molar-refractivity contribution in [3.8, 4) is 0 Å². The summed E-state index contributed by atoms with van der Waals surface area (Å²) in [7, 11) is -3.66. The molecule has 112 valence electrons. The van der Waals surface area contributed by atoms with Crippen molar-refractivity contribution >= 4 is 48.1 Å². The van der Waals surface area contributed by atoms with Gasteiger partial charge in [0.25, 0.3) is 10.0 Å². The maximum Gasteiger partial charge on any atom is 0.261 e. The standard InChI is InChI=1S/C16H13BrN2O2S/c17-15-5-1-4-14-13(15)3-2-6-16(14)19-22(20,21)12-9-7-11(18)8-10-12/h1-10,19H,18H2. The van der Waals surface area contributed by atoms with E-state index >= 15 is 0 Å². The topological polar surface area (TPSA) is 72.2 Å². The molecule has 0 aromatic heterocycles. The number of benzene rings is 3. The molecule has 0 aliphatic rings. The number of rotatable bonds is 3. The van der Waals surface area contributed by atoms with Crippen molar-refractivity contribution in [3.05, 3.63) is 65.1 Å². The molecule has 0 bridgehead atoms. The third-order valence-electron chi connectivity index (χ3n) is 3.30. The third-order valence-corrected chi connectivity index (χ3v) is 5.38. The molecule has 0 atom stereocenters. The summed E-state index contributed by atoms with van der Waals surface area (Å²) >= 11 is 3.47. The Bertz CT molecular complexity index is 938. The molecule has 0 aliphatic carbocycles. The van der Waals surface area contributed by atoms with Crippen molar-refractivity contribution in [2.24, 2.45) is 0 Å². The number of fused-ring (bicyclic) bond motifs is 1. The van der Waals surface area contributed by atoms with E-state index in [0.717, 1.165) is 15.2 Å². The summed E-state index contributed by atoms with van der Waals surface area (Å²) in [6, 6.07) is 17.2. The second-order valence-electron chi connectivity index (χ2n) is 4.82. The minimum absolute atomic E-state index is 0.175. The monoisotopic (exact) mass is 376 g/mol. The Kier molecular flexibility index (Phi) is 3.80. The van der Waals surface area contributed by atoms with Gasteiger partial charge in [0.2, 0.25) is 0 Å². The summed E-state index contributed by atoms with van der Waals surface area (Å²) in [6.07, 6.45) is 0.